The minimum absolute atomic E-state index is 0. The first-order valence-corrected chi connectivity index (χ1v) is 8.47. The van der Waals surface area contributed by atoms with E-state index in [2.05, 4.69) is 46.6 Å². The zero-order chi connectivity index (χ0) is 15.9. The number of hydrogen-bond donors (Lipinski definition) is 2. The minimum atomic E-state index is 0. The number of nitrogens with one attached hydrogen (secondary N) is 2. The number of nitrogens with zero attached hydrogens (tertiary/aromatic N) is 4. The molecule has 1 saturated carbocycles. The number of guanidine groups is 1. The van der Waals surface area contributed by atoms with Crippen LogP contribution < -0.4 is 10.6 Å². The molecule has 0 aromatic carbocycles. The maximum Gasteiger partial charge on any atom is 0.191 e. The molecule has 2 rings (SSSR count). The maximum absolute atomic E-state index is 4.64. The normalized spacial score (nSPS) is 21.9. The highest BCUT2D eigenvalue weighted by atomic mass is 127. The molecule has 132 valence electrons. The fraction of sp³-hybridized carbons (Fsp3) is 0.812. The van der Waals surface area contributed by atoms with Crippen LogP contribution in [0.15, 0.2) is 11.3 Å². The van der Waals surface area contributed by atoms with Crippen molar-refractivity contribution in [2.75, 3.05) is 6.54 Å². The highest BCUT2D eigenvalue weighted by Crippen LogP contribution is 2.29. The van der Waals surface area contributed by atoms with Gasteiger partial charge in [-0.05, 0) is 44.4 Å². The van der Waals surface area contributed by atoms with Crippen molar-refractivity contribution in [3.05, 3.63) is 12.2 Å². The molecule has 0 spiro atoms. The van der Waals surface area contributed by atoms with Crippen molar-refractivity contribution in [2.45, 2.75) is 59.0 Å². The Morgan fingerprint density at radius 1 is 1.35 bits per heavy atom. The molecule has 1 aliphatic rings. The quantitative estimate of drug-likeness (QED) is 0.425. The second-order valence-corrected chi connectivity index (χ2v) is 6.55. The van der Waals surface area contributed by atoms with Gasteiger partial charge in [0.2, 0.25) is 0 Å². The Hall–Kier alpha value is -0.860. The molecule has 0 bridgehead atoms. The zero-order valence-corrected chi connectivity index (χ0v) is 17.1. The van der Waals surface area contributed by atoms with E-state index < -0.39 is 0 Å². The van der Waals surface area contributed by atoms with Gasteiger partial charge < -0.3 is 15.2 Å². The monoisotopic (exact) mass is 434 g/mol. The summed E-state index contributed by atoms with van der Waals surface area (Å²) in [6.45, 7) is 8.18. The van der Waals surface area contributed by atoms with Crippen LogP contribution in [0.2, 0.25) is 0 Å². The van der Waals surface area contributed by atoms with Gasteiger partial charge in [-0.15, -0.1) is 34.2 Å². The van der Waals surface area contributed by atoms with E-state index in [9.17, 15) is 0 Å². The van der Waals surface area contributed by atoms with Gasteiger partial charge in [-0.1, -0.05) is 13.8 Å². The second kappa shape index (κ2) is 10.1. The predicted octanol–water partition coefficient (Wildman–Crippen LogP) is 2.70. The van der Waals surface area contributed by atoms with Crippen LogP contribution >= 0.6 is 24.0 Å². The van der Waals surface area contributed by atoms with Gasteiger partial charge in [0, 0.05) is 19.6 Å². The molecule has 0 unspecified atom stereocenters. The van der Waals surface area contributed by atoms with Crippen LogP contribution in [0.5, 0.6) is 0 Å². The van der Waals surface area contributed by atoms with Gasteiger partial charge in [-0.2, -0.15) is 0 Å². The van der Waals surface area contributed by atoms with Crippen LogP contribution in [0.25, 0.3) is 0 Å². The van der Waals surface area contributed by atoms with Crippen LogP contribution in [0.3, 0.4) is 0 Å². The van der Waals surface area contributed by atoms with E-state index in [0.29, 0.717) is 12.6 Å². The first-order valence-electron chi connectivity index (χ1n) is 8.47. The Kier molecular flexibility index (Phi) is 8.86. The lowest BCUT2D eigenvalue weighted by Crippen LogP contribution is -2.45. The van der Waals surface area contributed by atoms with Gasteiger partial charge in [0.05, 0.1) is 0 Å². The summed E-state index contributed by atoms with van der Waals surface area (Å²) in [6.07, 6.45) is 6.81. The fourth-order valence-corrected chi connectivity index (χ4v) is 3.04. The molecule has 0 radical (unpaired) electrons. The van der Waals surface area contributed by atoms with Crippen molar-refractivity contribution in [3.63, 3.8) is 0 Å². The summed E-state index contributed by atoms with van der Waals surface area (Å²) in [7, 11) is 1.94. The average Bonchev–Trinajstić information content (AvgIpc) is 2.91. The molecule has 0 saturated heterocycles. The summed E-state index contributed by atoms with van der Waals surface area (Å²) in [5, 5.41) is 14.9. The fourth-order valence-electron chi connectivity index (χ4n) is 3.04. The first kappa shape index (κ1) is 20.2. The molecule has 1 aromatic heterocycles. The minimum Gasteiger partial charge on any atom is -0.357 e. The third kappa shape index (κ3) is 6.27. The van der Waals surface area contributed by atoms with Crippen LogP contribution in [0.4, 0.5) is 0 Å². The summed E-state index contributed by atoms with van der Waals surface area (Å²) < 4.78 is 1.90. The largest absolute Gasteiger partial charge is 0.357 e. The summed E-state index contributed by atoms with van der Waals surface area (Å²) in [4.78, 5) is 4.64. The van der Waals surface area contributed by atoms with Gasteiger partial charge >= 0.3 is 0 Å². The molecule has 1 aromatic rings. The molecule has 1 aliphatic carbocycles. The Bertz CT molecular complexity index is 477. The Morgan fingerprint density at radius 2 is 2.04 bits per heavy atom. The van der Waals surface area contributed by atoms with E-state index in [0.717, 1.165) is 30.2 Å². The first-order chi connectivity index (χ1) is 10.6. The summed E-state index contributed by atoms with van der Waals surface area (Å²) >= 11 is 0. The number of aryl methyl sites for hydroxylation is 1. The Labute approximate surface area is 157 Å². The Balaban J connectivity index is 0.00000264. The van der Waals surface area contributed by atoms with Gasteiger partial charge in [0.25, 0.3) is 0 Å². The van der Waals surface area contributed by atoms with E-state index >= 15 is 0 Å². The lowest BCUT2D eigenvalue weighted by molar-refractivity contribution is 0.250. The van der Waals surface area contributed by atoms with Crippen molar-refractivity contribution in [1.82, 2.24) is 25.4 Å². The van der Waals surface area contributed by atoms with Gasteiger partial charge in [0.15, 0.2) is 11.8 Å². The summed E-state index contributed by atoms with van der Waals surface area (Å²) in [6, 6.07) is 0.535. The molecule has 0 aliphatic heterocycles. The lowest BCUT2D eigenvalue weighted by atomic mass is 9.80. The van der Waals surface area contributed by atoms with Crippen molar-refractivity contribution in [3.8, 4) is 0 Å². The number of aliphatic imine (C=N–C) groups is 1. The number of rotatable bonds is 5. The molecule has 1 heterocycles. The van der Waals surface area contributed by atoms with Crippen LogP contribution in [-0.4, -0.2) is 33.3 Å². The van der Waals surface area contributed by atoms with Gasteiger partial charge in [-0.25, -0.2) is 4.99 Å². The summed E-state index contributed by atoms with van der Waals surface area (Å²) in [5.41, 5.74) is 0. The topological polar surface area (TPSA) is 67.1 Å². The highest BCUT2D eigenvalue weighted by Gasteiger charge is 2.23. The second-order valence-electron chi connectivity index (χ2n) is 6.55. The summed E-state index contributed by atoms with van der Waals surface area (Å²) in [5.74, 6) is 3.45. The van der Waals surface area contributed by atoms with Crippen LogP contribution in [-0.2, 0) is 13.6 Å². The van der Waals surface area contributed by atoms with Gasteiger partial charge in [-0.3, -0.25) is 0 Å². The van der Waals surface area contributed by atoms with Crippen molar-refractivity contribution < 1.29 is 0 Å². The number of hydrogen-bond acceptors (Lipinski definition) is 3. The molecular formula is C16H31IN6. The third-order valence-corrected chi connectivity index (χ3v) is 4.58. The van der Waals surface area contributed by atoms with Crippen molar-refractivity contribution >= 4 is 29.9 Å². The molecule has 1 fully saturated rings. The van der Waals surface area contributed by atoms with Crippen LogP contribution in [0, 0.1) is 11.8 Å². The standard InChI is InChI=1S/C16H30N6.HI/c1-5-17-16(18-10-15-21-19-11-22(15)4)20-14-8-6-13(7-9-14)12(2)3;/h11-14H,5-10H2,1-4H3,(H2,17,18,20);1H. The average molecular weight is 434 g/mol. The lowest BCUT2D eigenvalue weighted by Gasteiger charge is -2.32. The van der Waals surface area contributed by atoms with E-state index in [1.165, 1.54) is 25.7 Å². The molecule has 0 atom stereocenters. The zero-order valence-electron chi connectivity index (χ0n) is 14.7. The molecule has 23 heavy (non-hydrogen) atoms. The highest BCUT2D eigenvalue weighted by molar-refractivity contribution is 14.0. The number of halogens is 1. The van der Waals surface area contributed by atoms with Crippen molar-refractivity contribution in [2.24, 2.45) is 23.9 Å². The maximum atomic E-state index is 4.64. The van der Waals surface area contributed by atoms with Gasteiger partial charge in [0.1, 0.15) is 12.9 Å². The van der Waals surface area contributed by atoms with Crippen molar-refractivity contribution in [1.29, 1.82) is 0 Å². The molecule has 7 heteroatoms. The molecular weight excluding hydrogens is 403 g/mol. The van der Waals surface area contributed by atoms with E-state index in [4.69, 9.17) is 0 Å². The smallest absolute Gasteiger partial charge is 0.191 e. The number of aromatic nitrogens is 3. The SMILES string of the molecule is CCNC(=NCc1nncn1C)NC1CCC(C(C)C)CC1.I. The third-order valence-electron chi connectivity index (χ3n) is 4.58. The van der Waals surface area contributed by atoms with Crippen LogP contribution in [0.1, 0.15) is 52.3 Å². The Morgan fingerprint density at radius 3 is 2.57 bits per heavy atom. The van der Waals surface area contributed by atoms with E-state index in [1.807, 2.05) is 11.6 Å². The molecule has 2 N–H and O–H groups in total. The van der Waals surface area contributed by atoms with E-state index in [-0.39, 0.29) is 24.0 Å². The van der Waals surface area contributed by atoms with E-state index in [1.54, 1.807) is 6.33 Å². The predicted molar refractivity (Wildman–Crippen MR) is 105 cm³/mol. The molecule has 0 amide bonds. The molecule has 6 nitrogen and oxygen atoms in total.